The molecule has 0 spiro atoms. The zero-order valence-corrected chi connectivity index (χ0v) is 8.64. The Kier molecular flexibility index (Phi) is 5.51. The number of hydrogen-bond acceptors (Lipinski definition) is 2. The van der Waals surface area contributed by atoms with Crippen LogP contribution in [0.2, 0.25) is 0 Å². The summed E-state index contributed by atoms with van der Waals surface area (Å²) in [5, 5.41) is 8.95. The van der Waals surface area contributed by atoms with Crippen LogP contribution in [0.15, 0.2) is 0 Å². The Morgan fingerprint density at radius 3 is 2.00 bits per heavy atom. The van der Waals surface area contributed by atoms with E-state index in [4.69, 9.17) is 10.8 Å². The van der Waals surface area contributed by atoms with E-state index in [9.17, 15) is 0 Å². The summed E-state index contributed by atoms with van der Waals surface area (Å²) < 4.78 is 0. The maximum atomic E-state index is 8.95. The number of hydrogen-bond donors (Lipinski definition) is 2. The van der Waals surface area contributed by atoms with Crippen LogP contribution in [0.5, 0.6) is 0 Å². The minimum Gasteiger partial charge on any atom is -0.396 e. The summed E-state index contributed by atoms with van der Waals surface area (Å²) in [4.78, 5) is 0. The van der Waals surface area contributed by atoms with Gasteiger partial charge < -0.3 is 10.8 Å². The van der Waals surface area contributed by atoms with Crippen molar-refractivity contribution < 1.29 is 5.11 Å². The maximum Gasteiger partial charge on any atom is 0.0436 e. The fourth-order valence-electron chi connectivity index (χ4n) is 1.97. The second kappa shape index (κ2) is 5.55. The highest BCUT2D eigenvalue weighted by molar-refractivity contribution is 4.86. The number of aliphatic hydroxyl groups is 1. The summed E-state index contributed by atoms with van der Waals surface area (Å²) >= 11 is 0. The monoisotopic (exact) mass is 173 g/mol. The second-order valence-corrected chi connectivity index (χ2v) is 3.56. The molecule has 0 heterocycles. The average Bonchev–Trinajstić information content (AvgIpc) is 2.13. The molecule has 0 aliphatic carbocycles. The third-order valence-corrected chi connectivity index (χ3v) is 3.24. The summed E-state index contributed by atoms with van der Waals surface area (Å²) in [7, 11) is 0. The fraction of sp³-hybridized carbons (Fsp3) is 1.00. The SMILES string of the molecule is CCC(N)C(CC)(CC)CCO. The van der Waals surface area contributed by atoms with Gasteiger partial charge in [0.25, 0.3) is 0 Å². The van der Waals surface area contributed by atoms with Crippen molar-refractivity contribution in [1.82, 2.24) is 0 Å². The van der Waals surface area contributed by atoms with Gasteiger partial charge in [-0.1, -0.05) is 20.8 Å². The lowest BCUT2D eigenvalue weighted by molar-refractivity contribution is 0.133. The lowest BCUT2D eigenvalue weighted by atomic mass is 9.72. The van der Waals surface area contributed by atoms with Crippen LogP contribution >= 0.6 is 0 Å². The summed E-state index contributed by atoms with van der Waals surface area (Å²) in [6.45, 7) is 6.70. The fourth-order valence-corrected chi connectivity index (χ4v) is 1.97. The minimum absolute atomic E-state index is 0.170. The zero-order valence-electron chi connectivity index (χ0n) is 8.64. The molecule has 0 aromatic heterocycles. The second-order valence-electron chi connectivity index (χ2n) is 3.56. The molecule has 12 heavy (non-hydrogen) atoms. The van der Waals surface area contributed by atoms with Crippen LogP contribution in [0.3, 0.4) is 0 Å². The summed E-state index contributed by atoms with van der Waals surface area (Å²) in [6, 6.07) is 0.236. The molecule has 0 aromatic carbocycles. The molecule has 1 atom stereocenters. The first-order chi connectivity index (χ1) is 5.66. The first kappa shape index (κ1) is 11.9. The predicted molar refractivity (Wildman–Crippen MR) is 53.0 cm³/mol. The van der Waals surface area contributed by atoms with Gasteiger partial charge >= 0.3 is 0 Å². The van der Waals surface area contributed by atoms with Crippen LogP contribution in [-0.4, -0.2) is 17.8 Å². The first-order valence-corrected chi connectivity index (χ1v) is 5.03. The predicted octanol–water partition coefficient (Wildman–Crippen LogP) is 1.91. The molecule has 0 radical (unpaired) electrons. The smallest absolute Gasteiger partial charge is 0.0436 e. The standard InChI is InChI=1S/C10H23NO/c1-4-9(11)10(5-2,6-3)7-8-12/h9,12H,4-8,11H2,1-3H3. The largest absolute Gasteiger partial charge is 0.396 e. The maximum absolute atomic E-state index is 8.95. The van der Waals surface area contributed by atoms with Crippen LogP contribution in [0.25, 0.3) is 0 Å². The molecule has 0 aliphatic heterocycles. The van der Waals surface area contributed by atoms with Crippen molar-refractivity contribution in [2.45, 2.75) is 52.5 Å². The van der Waals surface area contributed by atoms with Gasteiger partial charge in [-0.2, -0.15) is 0 Å². The third-order valence-electron chi connectivity index (χ3n) is 3.24. The highest BCUT2D eigenvalue weighted by atomic mass is 16.3. The Bertz CT molecular complexity index is 110. The van der Waals surface area contributed by atoms with E-state index in [1.165, 1.54) is 0 Å². The van der Waals surface area contributed by atoms with Gasteiger partial charge in [-0.05, 0) is 31.1 Å². The quantitative estimate of drug-likeness (QED) is 0.644. The van der Waals surface area contributed by atoms with E-state index in [1.54, 1.807) is 0 Å². The van der Waals surface area contributed by atoms with E-state index in [1.807, 2.05) is 0 Å². The van der Waals surface area contributed by atoms with Crippen molar-refractivity contribution in [3.63, 3.8) is 0 Å². The van der Waals surface area contributed by atoms with Crippen molar-refractivity contribution in [3.05, 3.63) is 0 Å². The van der Waals surface area contributed by atoms with E-state index < -0.39 is 0 Å². The molecular formula is C10H23NO. The van der Waals surface area contributed by atoms with Gasteiger partial charge in [-0.3, -0.25) is 0 Å². The van der Waals surface area contributed by atoms with Crippen molar-refractivity contribution in [1.29, 1.82) is 0 Å². The molecule has 0 amide bonds. The van der Waals surface area contributed by atoms with Gasteiger partial charge in [0, 0.05) is 12.6 Å². The molecule has 1 unspecified atom stereocenters. The van der Waals surface area contributed by atoms with Gasteiger partial charge in [0.15, 0.2) is 0 Å². The molecular weight excluding hydrogens is 150 g/mol. The Morgan fingerprint density at radius 2 is 1.75 bits per heavy atom. The van der Waals surface area contributed by atoms with E-state index >= 15 is 0 Å². The van der Waals surface area contributed by atoms with Crippen LogP contribution < -0.4 is 5.73 Å². The molecule has 0 saturated carbocycles. The van der Waals surface area contributed by atoms with Gasteiger partial charge in [0.2, 0.25) is 0 Å². The summed E-state index contributed by atoms with van der Waals surface area (Å²) in [6.07, 6.45) is 3.98. The molecule has 0 saturated heterocycles. The molecule has 74 valence electrons. The molecule has 3 N–H and O–H groups in total. The Labute approximate surface area is 76.2 Å². The minimum atomic E-state index is 0.170. The van der Waals surface area contributed by atoms with Crippen LogP contribution in [0, 0.1) is 5.41 Å². The lowest BCUT2D eigenvalue weighted by Crippen LogP contribution is -2.41. The summed E-state index contributed by atoms with van der Waals surface area (Å²) in [5.74, 6) is 0. The van der Waals surface area contributed by atoms with Gasteiger partial charge in [-0.15, -0.1) is 0 Å². The van der Waals surface area contributed by atoms with Crippen molar-refractivity contribution in [2.24, 2.45) is 11.1 Å². The normalized spacial score (nSPS) is 14.8. The highest BCUT2D eigenvalue weighted by Crippen LogP contribution is 2.34. The van der Waals surface area contributed by atoms with Gasteiger partial charge in [0.05, 0.1) is 0 Å². The Balaban J connectivity index is 4.33. The van der Waals surface area contributed by atoms with Gasteiger partial charge in [-0.25, -0.2) is 0 Å². The number of rotatable bonds is 6. The van der Waals surface area contributed by atoms with Crippen LogP contribution in [0.4, 0.5) is 0 Å². The Morgan fingerprint density at radius 1 is 1.25 bits per heavy atom. The number of nitrogens with two attached hydrogens (primary N) is 1. The summed E-state index contributed by atoms with van der Waals surface area (Å²) in [5.41, 5.74) is 6.22. The van der Waals surface area contributed by atoms with E-state index in [0.717, 1.165) is 25.7 Å². The third kappa shape index (κ3) is 2.46. The molecule has 0 aromatic rings. The first-order valence-electron chi connectivity index (χ1n) is 5.03. The van der Waals surface area contributed by atoms with E-state index in [-0.39, 0.29) is 18.1 Å². The topological polar surface area (TPSA) is 46.2 Å². The molecule has 0 bridgehead atoms. The zero-order chi connectivity index (χ0) is 9.61. The molecule has 0 fully saturated rings. The molecule has 0 aliphatic rings. The molecule has 0 rings (SSSR count). The Hall–Kier alpha value is -0.0800. The number of aliphatic hydroxyl groups excluding tert-OH is 1. The van der Waals surface area contributed by atoms with Crippen molar-refractivity contribution >= 4 is 0 Å². The van der Waals surface area contributed by atoms with E-state index in [0.29, 0.717) is 0 Å². The molecule has 2 nitrogen and oxygen atoms in total. The van der Waals surface area contributed by atoms with Crippen molar-refractivity contribution in [3.8, 4) is 0 Å². The lowest BCUT2D eigenvalue weighted by Gasteiger charge is -2.36. The molecule has 2 heteroatoms. The van der Waals surface area contributed by atoms with Crippen LogP contribution in [0.1, 0.15) is 46.5 Å². The van der Waals surface area contributed by atoms with E-state index in [2.05, 4.69) is 20.8 Å². The van der Waals surface area contributed by atoms with Gasteiger partial charge in [0.1, 0.15) is 0 Å². The van der Waals surface area contributed by atoms with Crippen LogP contribution in [-0.2, 0) is 0 Å². The average molecular weight is 173 g/mol. The van der Waals surface area contributed by atoms with Crippen molar-refractivity contribution in [2.75, 3.05) is 6.61 Å². The highest BCUT2D eigenvalue weighted by Gasteiger charge is 2.31.